The summed E-state index contributed by atoms with van der Waals surface area (Å²) in [6, 6.07) is 0.630. The van der Waals surface area contributed by atoms with Gasteiger partial charge in [0.15, 0.2) is 4.73 Å². The van der Waals surface area contributed by atoms with E-state index in [0.29, 0.717) is 10.8 Å². The third kappa shape index (κ3) is 3.76. The second-order valence-electron chi connectivity index (χ2n) is 4.61. The van der Waals surface area contributed by atoms with Crippen LogP contribution in [0.25, 0.3) is 0 Å². The average Bonchev–Trinajstić information content (AvgIpc) is 2.66. The van der Waals surface area contributed by atoms with Gasteiger partial charge in [-0.25, -0.2) is 4.68 Å². The summed E-state index contributed by atoms with van der Waals surface area (Å²) in [5.41, 5.74) is 0. The maximum absolute atomic E-state index is 4.28. The van der Waals surface area contributed by atoms with E-state index in [1.807, 2.05) is 4.68 Å². The van der Waals surface area contributed by atoms with Gasteiger partial charge in [-0.05, 0) is 71.1 Å². The molecule has 17 heavy (non-hydrogen) atoms. The molecule has 1 aromatic rings. The zero-order valence-corrected chi connectivity index (χ0v) is 13.2. The van der Waals surface area contributed by atoms with Crippen molar-refractivity contribution in [3.8, 4) is 0 Å². The molecule has 0 aromatic carbocycles. The number of likely N-dealkylation sites (tertiary alicyclic amines) is 1. The van der Waals surface area contributed by atoms with Gasteiger partial charge in [0.25, 0.3) is 0 Å². The fourth-order valence-corrected chi connectivity index (χ4v) is 3.31. The molecule has 1 saturated heterocycles. The van der Waals surface area contributed by atoms with Crippen molar-refractivity contribution < 1.29 is 0 Å². The van der Waals surface area contributed by atoms with Crippen LogP contribution in [0.15, 0.2) is 9.47 Å². The molecule has 0 saturated carbocycles. The molecule has 1 aliphatic rings. The molecule has 0 spiro atoms. The predicted molar refractivity (Wildman–Crippen MR) is 74.9 cm³/mol. The van der Waals surface area contributed by atoms with Crippen molar-refractivity contribution in [1.29, 1.82) is 0 Å². The number of halogens is 2. The van der Waals surface area contributed by atoms with E-state index in [-0.39, 0.29) is 0 Å². The minimum atomic E-state index is 0.630. The average molecular weight is 366 g/mol. The number of piperidine rings is 1. The van der Waals surface area contributed by atoms with E-state index in [2.05, 4.69) is 53.8 Å². The highest BCUT2D eigenvalue weighted by molar-refractivity contribution is 9.11. The third-order valence-electron chi connectivity index (χ3n) is 3.37. The van der Waals surface area contributed by atoms with Crippen LogP contribution in [0.3, 0.4) is 0 Å². The molecule has 0 radical (unpaired) electrons. The highest BCUT2D eigenvalue weighted by Crippen LogP contribution is 2.16. The Balaban J connectivity index is 1.82. The van der Waals surface area contributed by atoms with Crippen LogP contribution in [0.1, 0.15) is 32.6 Å². The van der Waals surface area contributed by atoms with Gasteiger partial charge < -0.3 is 4.90 Å². The lowest BCUT2D eigenvalue weighted by Gasteiger charge is -2.32. The summed E-state index contributed by atoms with van der Waals surface area (Å²) < 4.78 is 3.36. The van der Waals surface area contributed by atoms with E-state index in [4.69, 9.17) is 0 Å². The van der Waals surface area contributed by atoms with Crippen molar-refractivity contribution in [2.45, 2.75) is 45.2 Å². The molecule has 6 heteroatoms. The van der Waals surface area contributed by atoms with Crippen LogP contribution in [0.2, 0.25) is 0 Å². The molecular weight excluding hydrogens is 348 g/mol. The summed E-state index contributed by atoms with van der Waals surface area (Å²) in [5, 5.41) is 4.28. The predicted octanol–water partition coefficient (Wildman–Crippen LogP) is 3.07. The fourth-order valence-electron chi connectivity index (χ4n) is 2.29. The van der Waals surface area contributed by atoms with Crippen LogP contribution in [0.4, 0.5) is 0 Å². The lowest BCUT2D eigenvalue weighted by molar-refractivity contribution is 0.161. The number of aryl methyl sites for hydroxylation is 1. The van der Waals surface area contributed by atoms with Gasteiger partial charge in [-0.1, -0.05) is 6.42 Å². The minimum Gasteiger partial charge on any atom is -0.301 e. The van der Waals surface area contributed by atoms with Crippen molar-refractivity contribution in [1.82, 2.24) is 19.7 Å². The first-order valence-electron chi connectivity index (χ1n) is 6.16. The summed E-state index contributed by atoms with van der Waals surface area (Å²) in [6.07, 6.45) is 5.21. The fraction of sp³-hybridized carbons (Fsp3) is 0.818. The molecule has 0 amide bonds. The molecule has 2 rings (SSSR count). The van der Waals surface area contributed by atoms with Crippen molar-refractivity contribution in [2.75, 3.05) is 13.1 Å². The molecule has 96 valence electrons. The van der Waals surface area contributed by atoms with Crippen molar-refractivity contribution in [3.63, 3.8) is 0 Å². The van der Waals surface area contributed by atoms with Gasteiger partial charge in [0.1, 0.15) is 0 Å². The molecule has 0 aliphatic carbocycles. The van der Waals surface area contributed by atoms with Crippen LogP contribution < -0.4 is 0 Å². The van der Waals surface area contributed by atoms with E-state index in [9.17, 15) is 0 Å². The normalized spacial score (nSPS) is 19.5. The molecule has 0 bridgehead atoms. The lowest BCUT2D eigenvalue weighted by atomic mass is 10.1. The topological polar surface area (TPSA) is 34.0 Å². The van der Waals surface area contributed by atoms with E-state index < -0.39 is 0 Å². The number of nitrogens with zero attached hydrogens (tertiary/aromatic N) is 4. The second-order valence-corrected chi connectivity index (χ2v) is 6.03. The maximum atomic E-state index is 4.28. The van der Waals surface area contributed by atoms with Gasteiger partial charge in [0.2, 0.25) is 4.73 Å². The Morgan fingerprint density at radius 1 is 1.24 bits per heavy atom. The largest absolute Gasteiger partial charge is 0.301 e. The van der Waals surface area contributed by atoms with Crippen molar-refractivity contribution >= 4 is 31.9 Å². The molecular formula is C11H18Br2N4. The molecule has 1 fully saturated rings. The van der Waals surface area contributed by atoms with Gasteiger partial charge in [-0.3, -0.25) is 0 Å². The first-order valence-corrected chi connectivity index (χ1v) is 7.75. The molecule has 1 atom stereocenters. The first kappa shape index (κ1) is 13.5. The quantitative estimate of drug-likeness (QED) is 0.822. The zero-order chi connectivity index (χ0) is 12.3. The monoisotopic (exact) mass is 364 g/mol. The van der Waals surface area contributed by atoms with Gasteiger partial charge in [-0.15, -0.1) is 5.10 Å². The molecule has 1 aliphatic heterocycles. The highest BCUT2D eigenvalue weighted by Gasteiger charge is 2.17. The van der Waals surface area contributed by atoms with Crippen LogP contribution in [0.5, 0.6) is 0 Å². The molecule has 1 unspecified atom stereocenters. The molecule has 4 nitrogen and oxygen atoms in total. The van der Waals surface area contributed by atoms with Gasteiger partial charge in [-0.2, -0.15) is 4.98 Å². The van der Waals surface area contributed by atoms with Crippen LogP contribution in [-0.2, 0) is 6.54 Å². The van der Waals surface area contributed by atoms with Gasteiger partial charge in [0, 0.05) is 12.6 Å². The summed E-state index contributed by atoms with van der Waals surface area (Å²) in [4.78, 5) is 6.76. The van der Waals surface area contributed by atoms with E-state index in [1.165, 1.54) is 32.4 Å². The summed E-state index contributed by atoms with van der Waals surface area (Å²) in [7, 11) is 0. The Morgan fingerprint density at radius 3 is 2.53 bits per heavy atom. The minimum absolute atomic E-state index is 0.630. The van der Waals surface area contributed by atoms with Crippen LogP contribution >= 0.6 is 31.9 Å². The van der Waals surface area contributed by atoms with Crippen molar-refractivity contribution in [3.05, 3.63) is 9.47 Å². The number of hydrogen-bond acceptors (Lipinski definition) is 3. The maximum Gasteiger partial charge on any atom is 0.218 e. The second kappa shape index (κ2) is 6.29. The number of aromatic nitrogens is 3. The van der Waals surface area contributed by atoms with Gasteiger partial charge in [0.05, 0.1) is 0 Å². The van der Waals surface area contributed by atoms with Crippen LogP contribution in [0, 0.1) is 0 Å². The molecule has 0 N–H and O–H groups in total. The van der Waals surface area contributed by atoms with Gasteiger partial charge >= 0.3 is 0 Å². The third-order valence-corrected chi connectivity index (χ3v) is 4.30. The van der Waals surface area contributed by atoms with E-state index in [0.717, 1.165) is 17.7 Å². The Labute approximate surface area is 119 Å². The van der Waals surface area contributed by atoms with Crippen molar-refractivity contribution in [2.24, 2.45) is 0 Å². The van der Waals surface area contributed by atoms with Crippen LogP contribution in [-0.4, -0.2) is 38.8 Å². The zero-order valence-electron chi connectivity index (χ0n) is 10.1. The number of rotatable bonds is 4. The van der Waals surface area contributed by atoms with E-state index >= 15 is 0 Å². The summed E-state index contributed by atoms with van der Waals surface area (Å²) >= 11 is 6.69. The summed E-state index contributed by atoms with van der Waals surface area (Å²) in [5.74, 6) is 0. The Kier molecular flexibility index (Phi) is 4.99. The summed E-state index contributed by atoms with van der Waals surface area (Å²) in [6.45, 7) is 5.73. The lowest BCUT2D eigenvalue weighted by Crippen LogP contribution is -2.38. The Morgan fingerprint density at radius 2 is 1.94 bits per heavy atom. The van der Waals surface area contributed by atoms with E-state index in [1.54, 1.807) is 0 Å². The smallest absolute Gasteiger partial charge is 0.218 e. The SMILES string of the molecule is CC(CCn1nc(Br)nc1Br)N1CCCCC1. The molecule has 2 heterocycles. The number of hydrogen-bond donors (Lipinski definition) is 0. The first-order chi connectivity index (χ1) is 8.16. The molecule has 1 aromatic heterocycles. The highest BCUT2D eigenvalue weighted by atomic mass is 79.9. The Bertz CT molecular complexity index is 360. The Hall–Kier alpha value is 0.0600. The standard InChI is InChI=1S/C11H18Br2N4/c1-9(16-6-3-2-4-7-16)5-8-17-11(13)14-10(12)15-17/h9H,2-8H2,1H3.